The Labute approximate surface area is 113 Å². The molecule has 0 unspecified atom stereocenters. The minimum Gasteiger partial charge on any atom is -0.353 e. The van der Waals surface area contributed by atoms with E-state index in [0.717, 1.165) is 23.9 Å². The zero-order chi connectivity index (χ0) is 13.0. The molecule has 0 bridgehead atoms. The van der Waals surface area contributed by atoms with E-state index < -0.39 is 0 Å². The molecule has 4 nitrogen and oxygen atoms in total. The standard InChI is InChI=1S/C13H21N3OS/c1-10-3-5-11(6-4-10)15-12(17)9-18-13-14-7-8-16(13)2/h7-8,10-11H,3-6,9H2,1-2H3,(H,15,17). The van der Waals surface area contributed by atoms with E-state index in [0.29, 0.717) is 11.8 Å². The van der Waals surface area contributed by atoms with Gasteiger partial charge in [0.05, 0.1) is 5.75 Å². The number of nitrogens with one attached hydrogen (secondary N) is 1. The van der Waals surface area contributed by atoms with Crippen molar-refractivity contribution in [1.82, 2.24) is 14.9 Å². The molecule has 18 heavy (non-hydrogen) atoms. The molecule has 1 aromatic heterocycles. The van der Waals surface area contributed by atoms with Gasteiger partial charge in [-0.3, -0.25) is 4.79 Å². The van der Waals surface area contributed by atoms with Crippen LogP contribution in [0.5, 0.6) is 0 Å². The molecule has 0 spiro atoms. The number of rotatable bonds is 4. The molecule has 1 saturated carbocycles. The van der Waals surface area contributed by atoms with Gasteiger partial charge in [-0.15, -0.1) is 0 Å². The second-order valence-corrected chi connectivity index (χ2v) is 6.08. The van der Waals surface area contributed by atoms with Crippen molar-refractivity contribution >= 4 is 17.7 Å². The van der Waals surface area contributed by atoms with Gasteiger partial charge in [0.15, 0.2) is 5.16 Å². The third-order valence-corrected chi connectivity index (χ3v) is 4.55. The van der Waals surface area contributed by atoms with E-state index in [9.17, 15) is 4.79 Å². The molecular weight excluding hydrogens is 246 g/mol. The lowest BCUT2D eigenvalue weighted by Crippen LogP contribution is -2.38. The zero-order valence-electron chi connectivity index (χ0n) is 11.1. The summed E-state index contributed by atoms with van der Waals surface area (Å²) >= 11 is 1.49. The number of imidazole rings is 1. The van der Waals surface area contributed by atoms with Crippen molar-refractivity contribution in [3.8, 4) is 0 Å². The van der Waals surface area contributed by atoms with Gasteiger partial charge in [0, 0.05) is 25.5 Å². The fraction of sp³-hybridized carbons (Fsp3) is 0.692. The average molecular weight is 267 g/mol. The van der Waals surface area contributed by atoms with Crippen LogP contribution in [0, 0.1) is 5.92 Å². The Morgan fingerprint density at radius 2 is 2.22 bits per heavy atom. The van der Waals surface area contributed by atoms with Gasteiger partial charge in [-0.25, -0.2) is 4.98 Å². The Kier molecular flexibility index (Phi) is 4.69. The molecule has 1 N–H and O–H groups in total. The molecule has 1 aliphatic rings. The molecular formula is C13H21N3OS. The highest BCUT2D eigenvalue weighted by atomic mass is 32.2. The van der Waals surface area contributed by atoms with Crippen LogP contribution < -0.4 is 5.32 Å². The van der Waals surface area contributed by atoms with E-state index >= 15 is 0 Å². The summed E-state index contributed by atoms with van der Waals surface area (Å²) in [6, 6.07) is 0.385. The first-order chi connectivity index (χ1) is 8.65. The predicted molar refractivity (Wildman–Crippen MR) is 73.5 cm³/mol. The quantitative estimate of drug-likeness (QED) is 0.851. The van der Waals surface area contributed by atoms with Gasteiger partial charge in [-0.05, 0) is 31.6 Å². The van der Waals surface area contributed by atoms with Crippen LogP contribution in [0.2, 0.25) is 0 Å². The summed E-state index contributed by atoms with van der Waals surface area (Å²) in [5.74, 6) is 1.40. The maximum Gasteiger partial charge on any atom is 0.230 e. The number of carbonyl (C=O) groups excluding carboxylic acids is 1. The smallest absolute Gasteiger partial charge is 0.230 e. The van der Waals surface area contributed by atoms with Gasteiger partial charge in [-0.2, -0.15) is 0 Å². The molecule has 1 aliphatic carbocycles. The number of hydrogen-bond acceptors (Lipinski definition) is 3. The normalized spacial score (nSPS) is 23.9. The van der Waals surface area contributed by atoms with Gasteiger partial charge in [0.25, 0.3) is 0 Å². The highest BCUT2D eigenvalue weighted by Crippen LogP contribution is 2.23. The van der Waals surface area contributed by atoms with E-state index in [2.05, 4.69) is 17.2 Å². The van der Waals surface area contributed by atoms with Crippen LogP contribution in [-0.4, -0.2) is 27.3 Å². The summed E-state index contributed by atoms with van der Waals surface area (Å²) in [6.45, 7) is 2.29. The number of thioether (sulfide) groups is 1. The fourth-order valence-corrected chi connectivity index (χ4v) is 3.04. The predicted octanol–water partition coefficient (Wildman–Crippen LogP) is 2.21. The van der Waals surface area contributed by atoms with Crippen molar-refractivity contribution < 1.29 is 4.79 Å². The van der Waals surface area contributed by atoms with Crippen LogP contribution in [0.4, 0.5) is 0 Å². The lowest BCUT2D eigenvalue weighted by Gasteiger charge is -2.26. The van der Waals surface area contributed by atoms with Crippen molar-refractivity contribution in [2.24, 2.45) is 13.0 Å². The number of carbonyl (C=O) groups is 1. The van der Waals surface area contributed by atoms with Gasteiger partial charge in [0.2, 0.25) is 5.91 Å². The highest BCUT2D eigenvalue weighted by molar-refractivity contribution is 7.99. The summed E-state index contributed by atoms with van der Waals surface area (Å²) in [7, 11) is 1.94. The van der Waals surface area contributed by atoms with Crippen LogP contribution in [0.3, 0.4) is 0 Å². The van der Waals surface area contributed by atoms with Crippen LogP contribution >= 0.6 is 11.8 Å². The molecule has 0 aliphatic heterocycles. The Morgan fingerprint density at radius 1 is 1.50 bits per heavy atom. The van der Waals surface area contributed by atoms with E-state index in [4.69, 9.17) is 0 Å². The topological polar surface area (TPSA) is 46.9 Å². The second kappa shape index (κ2) is 6.27. The van der Waals surface area contributed by atoms with Crippen molar-refractivity contribution in [2.45, 2.75) is 43.8 Å². The maximum atomic E-state index is 11.8. The highest BCUT2D eigenvalue weighted by Gasteiger charge is 2.19. The summed E-state index contributed by atoms with van der Waals surface area (Å²) in [5, 5.41) is 4.02. The van der Waals surface area contributed by atoms with Crippen molar-refractivity contribution in [3.63, 3.8) is 0 Å². The number of aryl methyl sites for hydroxylation is 1. The summed E-state index contributed by atoms with van der Waals surface area (Å²) in [4.78, 5) is 16.0. The van der Waals surface area contributed by atoms with E-state index in [1.165, 1.54) is 24.6 Å². The van der Waals surface area contributed by atoms with Crippen LogP contribution in [0.25, 0.3) is 0 Å². The van der Waals surface area contributed by atoms with Crippen molar-refractivity contribution in [1.29, 1.82) is 0 Å². The Balaban J connectivity index is 1.71. The molecule has 0 atom stereocenters. The van der Waals surface area contributed by atoms with Gasteiger partial charge < -0.3 is 9.88 Å². The maximum absolute atomic E-state index is 11.8. The number of aromatic nitrogens is 2. The Bertz CT molecular complexity index is 397. The average Bonchev–Trinajstić information content (AvgIpc) is 2.75. The molecule has 0 saturated heterocycles. The summed E-state index contributed by atoms with van der Waals surface area (Å²) in [6.07, 6.45) is 8.36. The van der Waals surface area contributed by atoms with Gasteiger partial charge >= 0.3 is 0 Å². The first-order valence-corrected chi connectivity index (χ1v) is 7.53. The molecule has 1 heterocycles. The van der Waals surface area contributed by atoms with Crippen LogP contribution in [-0.2, 0) is 11.8 Å². The molecule has 0 aromatic carbocycles. The number of hydrogen-bond donors (Lipinski definition) is 1. The van der Waals surface area contributed by atoms with Crippen molar-refractivity contribution in [2.75, 3.05) is 5.75 Å². The van der Waals surface area contributed by atoms with E-state index in [1.54, 1.807) is 6.20 Å². The Morgan fingerprint density at radius 3 is 2.83 bits per heavy atom. The largest absolute Gasteiger partial charge is 0.353 e. The number of nitrogens with zero attached hydrogens (tertiary/aromatic N) is 2. The SMILES string of the molecule is CC1CCC(NC(=O)CSc2nccn2C)CC1. The molecule has 0 radical (unpaired) electrons. The van der Waals surface area contributed by atoms with Crippen LogP contribution in [0.1, 0.15) is 32.6 Å². The summed E-state index contributed by atoms with van der Waals surface area (Å²) < 4.78 is 1.93. The molecule has 1 aromatic rings. The van der Waals surface area contributed by atoms with Crippen molar-refractivity contribution in [3.05, 3.63) is 12.4 Å². The first-order valence-electron chi connectivity index (χ1n) is 6.54. The van der Waals surface area contributed by atoms with Gasteiger partial charge in [-0.1, -0.05) is 18.7 Å². The lowest BCUT2D eigenvalue weighted by molar-refractivity contribution is -0.119. The minimum absolute atomic E-state index is 0.127. The number of amides is 1. The second-order valence-electron chi connectivity index (χ2n) is 5.13. The van der Waals surface area contributed by atoms with E-state index in [1.807, 2.05) is 17.8 Å². The van der Waals surface area contributed by atoms with Crippen LogP contribution in [0.15, 0.2) is 17.6 Å². The Hall–Kier alpha value is -0.970. The molecule has 100 valence electrons. The third kappa shape index (κ3) is 3.77. The molecule has 1 amide bonds. The first kappa shape index (κ1) is 13.5. The van der Waals surface area contributed by atoms with Gasteiger partial charge in [0.1, 0.15) is 0 Å². The molecule has 1 fully saturated rings. The zero-order valence-corrected chi connectivity index (χ0v) is 11.9. The third-order valence-electron chi connectivity index (χ3n) is 3.49. The monoisotopic (exact) mass is 267 g/mol. The molecule has 2 rings (SSSR count). The summed E-state index contributed by atoms with van der Waals surface area (Å²) in [5.41, 5.74) is 0. The molecule has 5 heteroatoms. The van der Waals surface area contributed by atoms with E-state index in [-0.39, 0.29) is 5.91 Å². The fourth-order valence-electron chi connectivity index (χ4n) is 2.29. The lowest BCUT2D eigenvalue weighted by atomic mass is 9.87. The minimum atomic E-state index is 0.127.